The lowest BCUT2D eigenvalue weighted by Crippen LogP contribution is -2.36. The van der Waals surface area contributed by atoms with Gasteiger partial charge in [0, 0.05) is 18.2 Å². The second kappa shape index (κ2) is 7.35. The van der Waals surface area contributed by atoms with Crippen LogP contribution in [-0.4, -0.2) is 33.2 Å². The Kier molecular flexibility index (Phi) is 4.25. The molecule has 3 heterocycles. The molecule has 0 bridgehead atoms. The van der Waals surface area contributed by atoms with E-state index in [0.717, 1.165) is 0 Å². The van der Waals surface area contributed by atoms with Crippen LogP contribution in [0.4, 0.5) is 4.39 Å². The number of benzene rings is 1. The Morgan fingerprint density at radius 2 is 2.28 bits per heavy atom. The summed E-state index contributed by atoms with van der Waals surface area (Å²) < 4.78 is 72.5. The molecule has 13 heteroatoms. The Balaban J connectivity index is 1.63. The van der Waals surface area contributed by atoms with E-state index in [0.29, 0.717) is 11.8 Å². The highest BCUT2D eigenvalue weighted by Gasteiger charge is 2.50. The number of para-hydroxylation sites is 1. The number of aliphatic hydroxyl groups is 1. The van der Waals surface area contributed by atoms with E-state index in [9.17, 15) is 19.3 Å². The summed E-state index contributed by atoms with van der Waals surface area (Å²) in [7, 11) is -4.69. The Labute approximate surface area is 171 Å². The van der Waals surface area contributed by atoms with E-state index in [4.69, 9.17) is 34.0 Å². The van der Waals surface area contributed by atoms with Crippen LogP contribution in [0.5, 0.6) is 5.75 Å². The molecule has 0 saturated carbocycles. The molecular formula is C16H15ClFN2O8P. The molecule has 4 rings (SSSR count). The van der Waals surface area contributed by atoms with Crippen LogP contribution in [0.25, 0.3) is 0 Å². The van der Waals surface area contributed by atoms with Crippen LogP contribution in [0.1, 0.15) is 22.3 Å². The van der Waals surface area contributed by atoms with E-state index < -0.39 is 55.2 Å². The number of phosphoric acid groups is 1. The maximum Gasteiger partial charge on any atom is 0.530 e. The molecule has 10 nitrogen and oxygen atoms in total. The minimum atomic E-state index is -4.69. The summed E-state index contributed by atoms with van der Waals surface area (Å²) in [5.41, 5.74) is -1.79. The quantitative estimate of drug-likeness (QED) is 0.674. The number of halogens is 2. The smallest absolute Gasteiger partial charge is 0.404 e. The largest absolute Gasteiger partial charge is 0.530 e. The predicted molar refractivity (Wildman–Crippen MR) is 96.3 cm³/mol. The topological polar surface area (TPSA) is 129 Å². The maximum absolute atomic E-state index is 15.6. The van der Waals surface area contributed by atoms with Gasteiger partial charge in [-0.3, -0.25) is 23.4 Å². The summed E-state index contributed by atoms with van der Waals surface area (Å²) in [6, 6.07) is 6.23. The number of aliphatic hydroxyl groups excluding tert-OH is 1. The van der Waals surface area contributed by atoms with Crippen LogP contribution in [0, 0.1) is 0 Å². The molecule has 156 valence electrons. The molecule has 2 aliphatic rings. The van der Waals surface area contributed by atoms with E-state index in [1.165, 1.54) is 6.07 Å². The number of ether oxygens (including phenoxy) is 1. The third-order valence-corrected chi connectivity index (χ3v) is 5.46. The number of nitrogens with one attached hydrogen (secondary N) is 1. The van der Waals surface area contributed by atoms with Crippen molar-refractivity contribution in [3.8, 4) is 5.75 Å². The molecule has 29 heavy (non-hydrogen) atoms. The number of phosphoric ester groups is 1. The second-order valence-corrected chi connectivity index (χ2v) is 8.03. The monoisotopic (exact) mass is 451 g/mol. The molecule has 1 fully saturated rings. The second-order valence-electron chi connectivity index (χ2n) is 6.11. The SMILES string of the molecule is [2H]C([2H])(OP1(=O)OCc2ccccc2O1)[C@]1(F)C[C@@H](O)[C@]([2H])(n2cc(Cl)c(=O)[nH]c2=O)O1. The molecule has 1 aromatic heterocycles. The fourth-order valence-corrected chi connectivity index (χ4v) is 3.92. The molecular weight excluding hydrogens is 434 g/mol. The first kappa shape index (κ1) is 16.8. The van der Waals surface area contributed by atoms with Gasteiger partial charge < -0.3 is 14.4 Å². The number of fused-ring (bicyclic) bond motifs is 1. The van der Waals surface area contributed by atoms with Crippen molar-refractivity contribution in [1.82, 2.24) is 9.55 Å². The van der Waals surface area contributed by atoms with Crippen LogP contribution < -0.4 is 15.8 Å². The van der Waals surface area contributed by atoms with Gasteiger partial charge in [-0.2, -0.15) is 0 Å². The number of alkyl halides is 1. The number of hydrogen-bond donors (Lipinski definition) is 2. The normalized spacial score (nSPS) is 35.8. The molecule has 1 unspecified atom stereocenters. The molecule has 0 radical (unpaired) electrons. The highest BCUT2D eigenvalue weighted by atomic mass is 35.5. The summed E-state index contributed by atoms with van der Waals surface area (Å²) in [5.74, 6) is -3.53. The fourth-order valence-electron chi connectivity index (χ4n) is 2.67. The Morgan fingerprint density at radius 1 is 1.52 bits per heavy atom. The zero-order chi connectivity index (χ0) is 23.5. The van der Waals surface area contributed by atoms with Crippen molar-refractivity contribution in [2.75, 3.05) is 6.56 Å². The highest BCUT2D eigenvalue weighted by Crippen LogP contribution is 2.55. The van der Waals surface area contributed by atoms with E-state index in [1.807, 2.05) is 0 Å². The average molecular weight is 452 g/mol. The number of nitrogens with zero attached hydrogens (tertiary/aromatic N) is 1. The van der Waals surface area contributed by atoms with Crippen molar-refractivity contribution in [2.24, 2.45) is 0 Å². The van der Waals surface area contributed by atoms with Crippen LogP contribution in [0.2, 0.25) is 5.02 Å². The van der Waals surface area contributed by atoms with Gasteiger partial charge in [0.25, 0.3) is 5.56 Å². The zero-order valence-corrected chi connectivity index (χ0v) is 16.0. The fraction of sp³-hybridized carbons (Fsp3) is 0.375. The van der Waals surface area contributed by atoms with E-state index in [-0.39, 0.29) is 16.9 Å². The first-order valence-corrected chi connectivity index (χ1v) is 9.94. The van der Waals surface area contributed by atoms with Gasteiger partial charge in [0.1, 0.15) is 23.4 Å². The minimum absolute atomic E-state index is 0.0717. The number of aromatic nitrogens is 2. The number of hydrogen-bond acceptors (Lipinski definition) is 8. The van der Waals surface area contributed by atoms with Gasteiger partial charge in [0.2, 0.25) is 5.85 Å². The zero-order valence-electron chi connectivity index (χ0n) is 17.3. The van der Waals surface area contributed by atoms with Gasteiger partial charge in [0.05, 0.1) is 10.7 Å². The Hall–Kier alpha value is -2.01. The van der Waals surface area contributed by atoms with Crippen LogP contribution in [0.15, 0.2) is 40.1 Å². The van der Waals surface area contributed by atoms with Crippen molar-refractivity contribution >= 4 is 19.4 Å². The van der Waals surface area contributed by atoms with E-state index in [1.54, 1.807) is 23.2 Å². The van der Waals surface area contributed by atoms with Gasteiger partial charge in [-0.1, -0.05) is 29.8 Å². The van der Waals surface area contributed by atoms with Gasteiger partial charge in [0.15, 0.2) is 6.20 Å². The van der Waals surface area contributed by atoms with Crippen molar-refractivity contribution in [3.05, 3.63) is 61.9 Å². The van der Waals surface area contributed by atoms with Crippen molar-refractivity contribution in [2.45, 2.75) is 31.2 Å². The number of H-pyrrole nitrogens is 1. The van der Waals surface area contributed by atoms with E-state index >= 15 is 4.39 Å². The van der Waals surface area contributed by atoms with Crippen LogP contribution in [-0.2, 0) is 25.0 Å². The lowest BCUT2D eigenvalue weighted by atomic mass is 10.2. The summed E-state index contributed by atoms with van der Waals surface area (Å²) in [6.45, 7) is -3.87. The lowest BCUT2D eigenvalue weighted by Gasteiger charge is -2.27. The predicted octanol–water partition coefficient (Wildman–Crippen LogP) is 1.87. The van der Waals surface area contributed by atoms with Gasteiger partial charge in [-0.25, -0.2) is 13.8 Å². The Bertz CT molecular complexity index is 1240. The first-order chi connectivity index (χ1) is 14.8. The first-order valence-electron chi connectivity index (χ1n) is 9.61. The molecule has 0 spiro atoms. The third-order valence-electron chi connectivity index (χ3n) is 4.01. The summed E-state index contributed by atoms with van der Waals surface area (Å²) >= 11 is 5.64. The minimum Gasteiger partial charge on any atom is -0.404 e. The summed E-state index contributed by atoms with van der Waals surface area (Å²) in [5, 5.41) is 9.71. The van der Waals surface area contributed by atoms with Gasteiger partial charge in [-0.15, -0.1) is 0 Å². The number of aromatic amines is 1. The highest BCUT2D eigenvalue weighted by molar-refractivity contribution is 7.49. The number of rotatable bonds is 4. The standard InChI is InChI=1S/C16H15ClFN2O8P/c17-10-6-20(15(23)19-13(10)22)14-11(21)5-16(18,27-14)8-26-29(24)25-7-9-3-1-2-4-12(9)28-29/h1-4,6,11,14,21H,5,7-8H2,(H,19,22,23)/t11-,14-,16+,29?/m1/s1/i8D2,14D. The molecule has 1 saturated heterocycles. The third kappa shape index (κ3) is 4.02. The van der Waals surface area contributed by atoms with E-state index in [2.05, 4.69) is 0 Å². The van der Waals surface area contributed by atoms with Crippen molar-refractivity contribution in [3.63, 3.8) is 0 Å². The van der Waals surface area contributed by atoms with Crippen molar-refractivity contribution < 1.29 is 36.5 Å². The van der Waals surface area contributed by atoms with Gasteiger partial charge in [-0.05, 0) is 6.07 Å². The molecule has 4 atom stereocenters. The van der Waals surface area contributed by atoms with Crippen LogP contribution >= 0.6 is 19.4 Å². The summed E-state index contributed by atoms with van der Waals surface area (Å²) in [6.07, 6.45) is -5.68. The van der Waals surface area contributed by atoms with Crippen molar-refractivity contribution in [1.29, 1.82) is 0 Å². The lowest BCUT2D eigenvalue weighted by molar-refractivity contribution is -0.179. The van der Waals surface area contributed by atoms with Gasteiger partial charge >= 0.3 is 13.5 Å². The van der Waals surface area contributed by atoms with Crippen LogP contribution in [0.3, 0.4) is 0 Å². The molecule has 0 aliphatic carbocycles. The Morgan fingerprint density at radius 3 is 3.07 bits per heavy atom. The summed E-state index contributed by atoms with van der Waals surface area (Å²) in [4.78, 5) is 25.3. The molecule has 2 aliphatic heterocycles. The molecule has 2 N–H and O–H groups in total. The molecule has 2 aromatic rings. The molecule has 0 amide bonds. The molecule has 1 aromatic carbocycles. The maximum atomic E-state index is 15.6. The average Bonchev–Trinajstić information content (AvgIpc) is 2.94.